The molecule has 1 aromatic heterocycles. The molecule has 40 heavy (non-hydrogen) atoms. The lowest BCUT2D eigenvalue weighted by Crippen LogP contribution is -2.61. The fourth-order valence-electron chi connectivity index (χ4n) is 4.78. The van der Waals surface area contributed by atoms with Crippen LogP contribution in [0.1, 0.15) is 19.4 Å². The third kappa shape index (κ3) is 5.87. The second-order valence-corrected chi connectivity index (χ2v) is 9.84. The zero-order chi connectivity index (χ0) is 29.2. The maximum Gasteiger partial charge on any atom is 0.493 e. The molecule has 0 bridgehead atoms. The zero-order valence-electron chi connectivity index (χ0n) is 22.8. The summed E-state index contributed by atoms with van der Waals surface area (Å²) in [5, 5.41) is 3.93. The Labute approximate surface area is 228 Å². The number of allylic oxidation sites excluding steroid dienone is 1. The number of nitrogens with zero attached hydrogens (tertiary/aromatic N) is 5. The molecule has 11 nitrogen and oxygen atoms in total. The number of benzene rings is 1. The molecule has 1 saturated heterocycles. The predicted molar refractivity (Wildman–Crippen MR) is 142 cm³/mol. The molecule has 1 atom stereocenters. The van der Waals surface area contributed by atoms with Crippen LogP contribution in [0.4, 0.5) is 24.7 Å². The van der Waals surface area contributed by atoms with Gasteiger partial charge in [0.05, 0.1) is 7.11 Å². The van der Waals surface area contributed by atoms with Crippen molar-refractivity contribution in [2.75, 3.05) is 49.8 Å². The van der Waals surface area contributed by atoms with Crippen LogP contribution < -0.4 is 31.3 Å². The standard InChI is InChI=1S/C26H33F3N6O5/c1-17(2)9-13-33-20-21(35(40-23(37)26(27,28)29)24(33)32-15-11-30-12-16-32)31(3)25(38)34(22(20)36)14-10-18-5-7-19(39-4)8-6-18/h5-9,24,30H,10-16H2,1-4H3. The Morgan fingerprint density at radius 2 is 1.77 bits per heavy atom. The van der Waals surface area contributed by atoms with E-state index in [0.717, 1.165) is 25.3 Å². The monoisotopic (exact) mass is 566 g/mol. The van der Waals surface area contributed by atoms with Gasteiger partial charge >= 0.3 is 17.8 Å². The van der Waals surface area contributed by atoms with Crippen LogP contribution in [0.2, 0.25) is 0 Å². The van der Waals surface area contributed by atoms with Crippen molar-refractivity contribution in [1.29, 1.82) is 0 Å². The van der Waals surface area contributed by atoms with Crippen LogP contribution in [0, 0.1) is 0 Å². The molecule has 1 N–H and O–H groups in total. The summed E-state index contributed by atoms with van der Waals surface area (Å²) >= 11 is 0. The van der Waals surface area contributed by atoms with Crippen molar-refractivity contribution in [1.82, 2.24) is 19.4 Å². The Hall–Kier alpha value is -3.78. The maximum atomic E-state index is 13.9. The van der Waals surface area contributed by atoms with E-state index in [0.29, 0.717) is 38.3 Å². The number of methoxy groups -OCH3 is 1. The number of rotatable bonds is 8. The fraction of sp³-hybridized carbons (Fsp3) is 0.500. The molecule has 0 radical (unpaired) electrons. The molecule has 0 spiro atoms. The molecule has 4 rings (SSSR count). The Balaban J connectivity index is 1.83. The zero-order valence-corrected chi connectivity index (χ0v) is 22.8. The summed E-state index contributed by atoms with van der Waals surface area (Å²) in [7, 11) is 2.89. The molecule has 2 aromatic rings. The van der Waals surface area contributed by atoms with E-state index in [1.165, 1.54) is 7.05 Å². The number of hydroxylamine groups is 1. The number of ether oxygens (including phenoxy) is 1. The second-order valence-electron chi connectivity index (χ2n) is 9.84. The summed E-state index contributed by atoms with van der Waals surface area (Å²) in [6.07, 6.45) is -4.19. The number of hydrogen-bond acceptors (Lipinski definition) is 9. The highest BCUT2D eigenvalue weighted by atomic mass is 19.4. The largest absolute Gasteiger partial charge is 0.497 e. The number of hydrogen-bond donors (Lipinski definition) is 1. The van der Waals surface area contributed by atoms with Crippen LogP contribution >= 0.6 is 0 Å². The van der Waals surface area contributed by atoms with E-state index in [2.05, 4.69) is 5.32 Å². The van der Waals surface area contributed by atoms with Crippen molar-refractivity contribution >= 4 is 17.5 Å². The Morgan fingerprint density at radius 1 is 1.12 bits per heavy atom. The highest BCUT2D eigenvalue weighted by molar-refractivity contribution is 5.80. The molecule has 2 aliphatic heterocycles. The first-order valence-electron chi connectivity index (χ1n) is 12.8. The molecule has 1 unspecified atom stereocenters. The van der Waals surface area contributed by atoms with Crippen LogP contribution in [0.3, 0.4) is 0 Å². The molecule has 2 aliphatic rings. The van der Waals surface area contributed by atoms with E-state index in [1.54, 1.807) is 24.1 Å². The normalized spacial score (nSPS) is 17.5. The number of carbonyl (C=O) groups is 1. The van der Waals surface area contributed by atoms with Gasteiger partial charge in [-0.2, -0.15) is 13.2 Å². The van der Waals surface area contributed by atoms with Crippen molar-refractivity contribution in [2.45, 2.75) is 39.3 Å². The van der Waals surface area contributed by atoms with Crippen LogP contribution in [-0.4, -0.2) is 72.3 Å². The van der Waals surface area contributed by atoms with E-state index in [4.69, 9.17) is 9.57 Å². The first-order chi connectivity index (χ1) is 18.9. The SMILES string of the molecule is COc1ccc(CCn2c(=O)c3c(n(C)c2=O)N(OC(=O)C(F)(F)F)C(N2CCNCC2)N3CC=C(C)C)cc1. The summed E-state index contributed by atoms with van der Waals surface area (Å²) in [5.74, 6) is -1.99. The lowest BCUT2D eigenvalue weighted by Gasteiger charge is -2.40. The number of fused-ring (bicyclic) bond motifs is 1. The van der Waals surface area contributed by atoms with E-state index in [-0.39, 0.29) is 24.6 Å². The van der Waals surface area contributed by atoms with E-state index < -0.39 is 29.7 Å². The summed E-state index contributed by atoms with van der Waals surface area (Å²) in [6, 6.07) is 7.18. The maximum absolute atomic E-state index is 13.9. The molecule has 3 heterocycles. The number of piperazine rings is 1. The summed E-state index contributed by atoms with van der Waals surface area (Å²) in [6.45, 7) is 5.76. The minimum atomic E-state index is -5.28. The van der Waals surface area contributed by atoms with Crippen molar-refractivity contribution in [3.05, 3.63) is 62.3 Å². The van der Waals surface area contributed by atoms with E-state index in [1.807, 2.05) is 37.0 Å². The van der Waals surface area contributed by atoms with E-state index in [9.17, 15) is 27.6 Å². The fourth-order valence-corrected chi connectivity index (χ4v) is 4.78. The van der Waals surface area contributed by atoms with Gasteiger partial charge in [0.25, 0.3) is 5.56 Å². The Morgan fingerprint density at radius 3 is 2.35 bits per heavy atom. The molecule has 1 fully saturated rings. The van der Waals surface area contributed by atoms with Crippen molar-refractivity contribution in [2.24, 2.45) is 7.05 Å². The van der Waals surface area contributed by atoms with Crippen molar-refractivity contribution < 1.29 is 27.5 Å². The Kier molecular flexibility index (Phi) is 8.59. The quantitative estimate of drug-likeness (QED) is 0.478. The van der Waals surface area contributed by atoms with Gasteiger partial charge in [0.2, 0.25) is 0 Å². The number of aromatic nitrogens is 2. The number of carbonyl (C=O) groups excluding carboxylic acids is 1. The van der Waals surface area contributed by atoms with Crippen LogP contribution in [0.15, 0.2) is 45.5 Å². The molecule has 0 saturated carbocycles. The van der Waals surface area contributed by atoms with Crippen molar-refractivity contribution in [3.63, 3.8) is 0 Å². The number of anilines is 2. The number of aryl methyl sites for hydroxylation is 1. The molecule has 14 heteroatoms. The molecule has 0 aliphatic carbocycles. The molecule has 0 amide bonds. The lowest BCUT2D eigenvalue weighted by atomic mass is 10.1. The third-order valence-electron chi connectivity index (χ3n) is 6.85. The molecular formula is C26H33F3N6O5. The summed E-state index contributed by atoms with van der Waals surface area (Å²) < 4.78 is 47.3. The van der Waals surface area contributed by atoms with Gasteiger partial charge in [-0.25, -0.2) is 9.59 Å². The van der Waals surface area contributed by atoms with Gasteiger partial charge in [0, 0.05) is 46.3 Å². The average molecular weight is 567 g/mol. The van der Waals surface area contributed by atoms with E-state index >= 15 is 0 Å². The second kappa shape index (κ2) is 11.8. The van der Waals surface area contributed by atoms with Gasteiger partial charge in [-0.05, 0) is 38.0 Å². The highest BCUT2D eigenvalue weighted by Gasteiger charge is 2.50. The first-order valence-corrected chi connectivity index (χ1v) is 12.8. The van der Waals surface area contributed by atoms with Gasteiger partial charge < -0.3 is 19.8 Å². The van der Waals surface area contributed by atoms with Crippen LogP contribution in [-0.2, 0) is 29.6 Å². The van der Waals surface area contributed by atoms with Gasteiger partial charge in [0.15, 0.2) is 17.8 Å². The van der Waals surface area contributed by atoms with Crippen molar-refractivity contribution in [3.8, 4) is 5.75 Å². The average Bonchev–Trinajstić information content (AvgIpc) is 3.24. The van der Waals surface area contributed by atoms with Gasteiger partial charge in [-0.15, -0.1) is 5.06 Å². The minimum absolute atomic E-state index is 0.0205. The third-order valence-corrected chi connectivity index (χ3v) is 6.85. The lowest BCUT2D eigenvalue weighted by molar-refractivity contribution is -0.203. The topological polar surface area (TPSA) is 101 Å². The minimum Gasteiger partial charge on any atom is -0.497 e. The van der Waals surface area contributed by atoms with Gasteiger partial charge in [0.1, 0.15) is 5.75 Å². The summed E-state index contributed by atoms with van der Waals surface area (Å²) in [5.41, 5.74) is 0.327. The van der Waals surface area contributed by atoms with Crippen LogP contribution in [0.5, 0.6) is 5.75 Å². The number of halogens is 3. The number of nitrogens with one attached hydrogen (secondary N) is 1. The van der Waals surface area contributed by atoms with Gasteiger partial charge in [-0.1, -0.05) is 23.8 Å². The van der Waals surface area contributed by atoms with Gasteiger partial charge in [-0.3, -0.25) is 18.8 Å². The smallest absolute Gasteiger partial charge is 0.493 e. The summed E-state index contributed by atoms with van der Waals surface area (Å²) in [4.78, 5) is 47.7. The molecular weight excluding hydrogens is 533 g/mol. The Bertz CT molecular complexity index is 1380. The highest BCUT2D eigenvalue weighted by Crippen LogP contribution is 2.38. The first kappa shape index (κ1) is 29.2. The molecule has 218 valence electrons. The molecule has 1 aromatic carbocycles. The van der Waals surface area contributed by atoms with Crippen LogP contribution in [0.25, 0.3) is 0 Å². The number of alkyl halides is 3. The predicted octanol–water partition coefficient (Wildman–Crippen LogP) is 1.60.